The van der Waals surface area contributed by atoms with Crippen LogP contribution in [0.3, 0.4) is 0 Å². The SMILES string of the molecule is CN(CCOc1ccc(Cl)cc1)C(=O)C1(C#N)CCCC1. The van der Waals surface area contributed by atoms with Gasteiger partial charge in [0.2, 0.25) is 5.91 Å². The Bertz CT molecular complexity index is 530. The first kappa shape index (κ1) is 15.7. The number of hydrogen-bond acceptors (Lipinski definition) is 3. The van der Waals surface area contributed by atoms with E-state index >= 15 is 0 Å². The van der Waals surface area contributed by atoms with E-state index in [1.165, 1.54) is 0 Å². The smallest absolute Gasteiger partial charge is 0.242 e. The van der Waals surface area contributed by atoms with Crippen LogP contribution < -0.4 is 4.74 Å². The zero-order valence-corrected chi connectivity index (χ0v) is 12.9. The molecule has 0 unspecified atom stereocenters. The maximum Gasteiger partial charge on any atom is 0.242 e. The molecule has 0 saturated heterocycles. The molecule has 2 rings (SSSR count). The second-order valence-corrected chi connectivity index (χ2v) is 5.87. The number of halogens is 1. The number of ether oxygens (including phenoxy) is 1. The fraction of sp³-hybridized carbons (Fsp3) is 0.500. The van der Waals surface area contributed by atoms with E-state index in [-0.39, 0.29) is 5.91 Å². The third-order valence-corrected chi connectivity index (χ3v) is 4.19. The molecule has 1 aliphatic rings. The van der Waals surface area contributed by atoms with Crippen molar-refractivity contribution in [2.45, 2.75) is 25.7 Å². The molecule has 112 valence electrons. The monoisotopic (exact) mass is 306 g/mol. The highest BCUT2D eigenvalue weighted by atomic mass is 35.5. The summed E-state index contributed by atoms with van der Waals surface area (Å²) in [6.07, 6.45) is 3.25. The summed E-state index contributed by atoms with van der Waals surface area (Å²) in [5.74, 6) is 0.637. The van der Waals surface area contributed by atoms with Crippen LogP contribution in [0.15, 0.2) is 24.3 Å². The van der Waals surface area contributed by atoms with Gasteiger partial charge in [-0.15, -0.1) is 0 Å². The number of hydrogen-bond donors (Lipinski definition) is 0. The third-order valence-electron chi connectivity index (χ3n) is 3.94. The van der Waals surface area contributed by atoms with Crippen molar-refractivity contribution in [2.24, 2.45) is 5.41 Å². The van der Waals surface area contributed by atoms with Crippen LogP contribution >= 0.6 is 11.6 Å². The maximum atomic E-state index is 12.4. The average molecular weight is 307 g/mol. The van der Waals surface area contributed by atoms with Gasteiger partial charge in [0.25, 0.3) is 0 Å². The minimum absolute atomic E-state index is 0.0813. The number of rotatable bonds is 5. The molecule has 0 N–H and O–H groups in total. The Morgan fingerprint density at radius 1 is 1.38 bits per heavy atom. The lowest BCUT2D eigenvalue weighted by atomic mass is 9.86. The highest BCUT2D eigenvalue weighted by Gasteiger charge is 2.43. The standard InChI is InChI=1S/C16H19ClN2O2/c1-19(15(20)16(12-18)8-2-3-9-16)10-11-21-14-6-4-13(17)5-7-14/h4-7H,2-3,8-11H2,1H3. The Kier molecular flexibility index (Phi) is 5.08. The van der Waals surface area contributed by atoms with Crippen LogP contribution in [0.5, 0.6) is 5.75 Å². The maximum absolute atomic E-state index is 12.4. The van der Waals surface area contributed by atoms with E-state index in [0.717, 1.165) is 18.6 Å². The zero-order chi connectivity index (χ0) is 15.3. The van der Waals surface area contributed by atoms with Crippen LogP contribution in [-0.2, 0) is 4.79 Å². The van der Waals surface area contributed by atoms with Gasteiger partial charge in [0.1, 0.15) is 17.8 Å². The molecule has 0 heterocycles. The summed E-state index contributed by atoms with van der Waals surface area (Å²) in [5.41, 5.74) is -0.810. The first-order chi connectivity index (χ1) is 10.1. The number of amides is 1. The number of benzene rings is 1. The third kappa shape index (κ3) is 3.68. The molecule has 1 aromatic rings. The molecular formula is C16H19ClN2O2. The van der Waals surface area contributed by atoms with Gasteiger partial charge in [0, 0.05) is 12.1 Å². The van der Waals surface area contributed by atoms with Crippen molar-refractivity contribution in [1.82, 2.24) is 4.90 Å². The predicted molar refractivity (Wildman–Crippen MR) is 81.1 cm³/mol. The van der Waals surface area contributed by atoms with Gasteiger partial charge in [-0.3, -0.25) is 4.79 Å². The summed E-state index contributed by atoms with van der Waals surface area (Å²) < 4.78 is 5.58. The van der Waals surface area contributed by atoms with Crippen LogP contribution in [0.1, 0.15) is 25.7 Å². The van der Waals surface area contributed by atoms with Crippen LogP contribution in [-0.4, -0.2) is 31.0 Å². The molecule has 0 aliphatic heterocycles. The van der Waals surface area contributed by atoms with Gasteiger partial charge in [0.05, 0.1) is 12.6 Å². The van der Waals surface area contributed by atoms with Gasteiger partial charge in [0.15, 0.2) is 0 Å². The predicted octanol–water partition coefficient (Wildman–Crippen LogP) is 3.26. The molecule has 0 aromatic heterocycles. The van der Waals surface area contributed by atoms with E-state index in [1.807, 2.05) is 0 Å². The second-order valence-electron chi connectivity index (χ2n) is 5.43. The van der Waals surface area contributed by atoms with Crippen molar-refractivity contribution in [3.63, 3.8) is 0 Å². The molecule has 1 saturated carbocycles. The molecule has 1 fully saturated rings. The van der Waals surface area contributed by atoms with Gasteiger partial charge in [-0.2, -0.15) is 5.26 Å². The largest absolute Gasteiger partial charge is 0.492 e. The van der Waals surface area contributed by atoms with E-state index in [0.29, 0.717) is 31.0 Å². The summed E-state index contributed by atoms with van der Waals surface area (Å²) in [6, 6.07) is 9.32. The minimum Gasteiger partial charge on any atom is -0.492 e. The quantitative estimate of drug-likeness (QED) is 0.839. The van der Waals surface area contributed by atoms with Crippen molar-refractivity contribution in [2.75, 3.05) is 20.2 Å². The van der Waals surface area contributed by atoms with Gasteiger partial charge in [-0.1, -0.05) is 24.4 Å². The second kappa shape index (κ2) is 6.82. The molecule has 0 radical (unpaired) electrons. The number of carbonyl (C=O) groups excluding carboxylic acids is 1. The number of likely N-dealkylation sites (N-methyl/N-ethyl adjacent to an activating group) is 1. The van der Waals surface area contributed by atoms with Crippen LogP contribution in [0.4, 0.5) is 0 Å². The summed E-state index contributed by atoms with van der Waals surface area (Å²) in [7, 11) is 1.73. The van der Waals surface area contributed by atoms with Gasteiger partial charge in [-0.25, -0.2) is 0 Å². The Morgan fingerprint density at radius 2 is 2.00 bits per heavy atom. The Balaban J connectivity index is 1.84. The molecule has 1 amide bonds. The summed E-state index contributed by atoms with van der Waals surface area (Å²) in [4.78, 5) is 14.0. The molecule has 1 aliphatic carbocycles. The van der Waals surface area contributed by atoms with Gasteiger partial charge >= 0.3 is 0 Å². The van der Waals surface area contributed by atoms with Gasteiger partial charge < -0.3 is 9.64 Å². The zero-order valence-electron chi connectivity index (χ0n) is 12.1. The van der Waals surface area contributed by atoms with E-state index in [2.05, 4.69) is 6.07 Å². The van der Waals surface area contributed by atoms with Crippen molar-refractivity contribution >= 4 is 17.5 Å². The highest BCUT2D eigenvalue weighted by Crippen LogP contribution is 2.38. The number of carbonyl (C=O) groups is 1. The minimum atomic E-state index is -0.810. The van der Waals surface area contributed by atoms with Gasteiger partial charge in [-0.05, 0) is 37.1 Å². The van der Waals surface area contributed by atoms with E-state index < -0.39 is 5.41 Å². The molecule has 5 heteroatoms. The topological polar surface area (TPSA) is 53.3 Å². The molecule has 0 bridgehead atoms. The van der Waals surface area contributed by atoms with Crippen molar-refractivity contribution < 1.29 is 9.53 Å². The summed E-state index contributed by atoms with van der Waals surface area (Å²) >= 11 is 5.80. The fourth-order valence-electron chi connectivity index (χ4n) is 2.65. The lowest BCUT2D eigenvalue weighted by molar-refractivity contribution is -0.137. The van der Waals surface area contributed by atoms with Crippen LogP contribution in [0.25, 0.3) is 0 Å². The molecule has 21 heavy (non-hydrogen) atoms. The normalized spacial score (nSPS) is 16.2. The van der Waals surface area contributed by atoms with Crippen molar-refractivity contribution in [3.8, 4) is 11.8 Å². The summed E-state index contributed by atoms with van der Waals surface area (Å²) in [6.45, 7) is 0.857. The van der Waals surface area contributed by atoms with E-state index in [1.54, 1.807) is 36.2 Å². The van der Waals surface area contributed by atoms with E-state index in [9.17, 15) is 10.1 Å². The molecular weight excluding hydrogens is 288 g/mol. The number of nitrogens with zero attached hydrogens (tertiary/aromatic N) is 2. The Morgan fingerprint density at radius 3 is 2.57 bits per heavy atom. The first-order valence-corrected chi connectivity index (χ1v) is 7.50. The summed E-state index contributed by atoms with van der Waals surface area (Å²) in [5, 5.41) is 9.98. The van der Waals surface area contributed by atoms with Crippen LogP contribution in [0.2, 0.25) is 5.02 Å². The Labute approximate surface area is 130 Å². The fourth-order valence-corrected chi connectivity index (χ4v) is 2.78. The molecule has 4 nitrogen and oxygen atoms in total. The van der Waals surface area contributed by atoms with Crippen LogP contribution in [0, 0.1) is 16.7 Å². The molecule has 1 aromatic carbocycles. The van der Waals surface area contributed by atoms with E-state index in [4.69, 9.17) is 16.3 Å². The number of nitriles is 1. The highest BCUT2D eigenvalue weighted by molar-refractivity contribution is 6.30. The first-order valence-electron chi connectivity index (χ1n) is 7.13. The van der Waals surface area contributed by atoms with Crippen molar-refractivity contribution in [1.29, 1.82) is 5.26 Å². The molecule has 0 spiro atoms. The Hall–Kier alpha value is -1.73. The van der Waals surface area contributed by atoms with Crippen molar-refractivity contribution in [3.05, 3.63) is 29.3 Å². The average Bonchev–Trinajstić information content (AvgIpc) is 2.98. The lowest BCUT2D eigenvalue weighted by Gasteiger charge is -2.26. The lowest BCUT2D eigenvalue weighted by Crippen LogP contribution is -2.41. The molecule has 0 atom stereocenters.